The number of hydrogen-bond acceptors (Lipinski definition) is 6. The molecule has 0 spiro atoms. The standard InChI is InChI=1S/C28H25ClN4O5/c1-31-21-8-7-18(9-11-28(36)16-37-17-28)13-23(21)38-15-22(26(31)34)32-12-10-20-24(27(32)35)30-33(25(20)29)14-19-5-3-2-4-6-19/h2-8,13,22,36H,10,12,14-17H2,1H3. The number of anilines is 1. The summed E-state index contributed by atoms with van der Waals surface area (Å²) < 4.78 is 12.7. The van der Waals surface area contributed by atoms with Gasteiger partial charge in [-0.2, -0.15) is 5.10 Å². The van der Waals surface area contributed by atoms with Crippen LogP contribution >= 0.6 is 11.6 Å². The maximum absolute atomic E-state index is 13.6. The average molecular weight is 533 g/mol. The number of likely N-dealkylation sites (N-methyl/N-ethyl adjacent to an activating group) is 1. The van der Waals surface area contributed by atoms with E-state index in [0.717, 1.165) is 5.56 Å². The average Bonchev–Trinajstić information content (AvgIpc) is 3.16. The van der Waals surface area contributed by atoms with Crippen molar-refractivity contribution in [3.05, 3.63) is 76.1 Å². The summed E-state index contributed by atoms with van der Waals surface area (Å²) in [7, 11) is 1.66. The van der Waals surface area contributed by atoms with Crippen molar-refractivity contribution in [3.63, 3.8) is 0 Å². The third-order valence-electron chi connectivity index (χ3n) is 7.05. The molecule has 194 valence electrons. The number of benzene rings is 2. The monoisotopic (exact) mass is 532 g/mol. The van der Waals surface area contributed by atoms with E-state index in [2.05, 4.69) is 16.9 Å². The Morgan fingerprint density at radius 2 is 1.97 bits per heavy atom. The van der Waals surface area contributed by atoms with E-state index in [1.807, 2.05) is 30.3 Å². The fraction of sp³-hybridized carbons (Fsp3) is 0.321. The first kappa shape index (κ1) is 24.5. The molecule has 3 aliphatic heterocycles. The van der Waals surface area contributed by atoms with E-state index in [-0.39, 0.29) is 37.3 Å². The highest BCUT2D eigenvalue weighted by molar-refractivity contribution is 6.31. The molecule has 38 heavy (non-hydrogen) atoms. The lowest BCUT2D eigenvalue weighted by molar-refractivity contribution is -0.140. The number of amides is 2. The molecule has 1 fully saturated rings. The highest BCUT2D eigenvalue weighted by atomic mass is 35.5. The quantitative estimate of drug-likeness (QED) is 0.519. The van der Waals surface area contributed by atoms with Gasteiger partial charge in [-0.05, 0) is 30.2 Å². The van der Waals surface area contributed by atoms with Gasteiger partial charge in [-0.1, -0.05) is 53.8 Å². The maximum Gasteiger partial charge on any atom is 0.275 e. The zero-order valence-electron chi connectivity index (χ0n) is 20.7. The molecule has 0 bridgehead atoms. The van der Waals surface area contributed by atoms with Crippen molar-refractivity contribution in [2.24, 2.45) is 0 Å². The Labute approximate surface area is 224 Å². The van der Waals surface area contributed by atoms with Gasteiger partial charge in [0.25, 0.3) is 11.8 Å². The van der Waals surface area contributed by atoms with Crippen LogP contribution in [0.5, 0.6) is 5.75 Å². The predicted octanol–water partition coefficient (Wildman–Crippen LogP) is 2.12. The van der Waals surface area contributed by atoms with E-state index >= 15 is 0 Å². The Morgan fingerprint density at radius 1 is 1.18 bits per heavy atom. The summed E-state index contributed by atoms with van der Waals surface area (Å²) in [5.41, 5.74) is 2.07. The SMILES string of the molecule is CN1C(=O)C(N2CCc3c(nn(Cc4ccccc4)c3Cl)C2=O)COc2cc(C#CC3(O)COC3)ccc21. The van der Waals surface area contributed by atoms with Crippen LogP contribution in [0.4, 0.5) is 5.69 Å². The van der Waals surface area contributed by atoms with Crippen LogP contribution < -0.4 is 9.64 Å². The Bertz CT molecular complexity index is 1490. The summed E-state index contributed by atoms with van der Waals surface area (Å²) in [4.78, 5) is 30.1. The lowest BCUT2D eigenvalue weighted by Gasteiger charge is -2.33. The van der Waals surface area contributed by atoms with Gasteiger partial charge in [-0.25, -0.2) is 4.68 Å². The number of halogens is 1. The number of aromatic nitrogens is 2. The molecule has 3 aromatic rings. The van der Waals surface area contributed by atoms with E-state index in [4.69, 9.17) is 21.1 Å². The van der Waals surface area contributed by atoms with E-state index in [9.17, 15) is 14.7 Å². The number of ether oxygens (including phenoxy) is 2. The summed E-state index contributed by atoms with van der Waals surface area (Å²) in [5.74, 6) is 5.65. The van der Waals surface area contributed by atoms with Crippen LogP contribution in [0.3, 0.4) is 0 Å². The molecule has 0 aliphatic carbocycles. The fourth-order valence-electron chi connectivity index (χ4n) is 4.85. The molecule has 3 aliphatic rings. The summed E-state index contributed by atoms with van der Waals surface area (Å²) >= 11 is 6.61. The van der Waals surface area contributed by atoms with Crippen molar-refractivity contribution in [1.29, 1.82) is 0 Å². The minimum Gasteiger partial charge on any atom is -0.489 e. The first-order chi connectivity index (χ1) is 18.3. The van der Waals surface area contributed by atoms with Crippen molar-refractivity contribution in [3.8, 4) is 17.6 Å². The van der Waals surface area contributed by atoms with Crippen LogP contribution in [-0.4, -0.2) is 76.7 Å². The molecular weight excluding hydrogens is 508 g/mol. The molecule has 1 saturated heterocycles. The number of nitrogens with zero attached hydrogens (tertiary/aromatic N) is 4. The number of aliphatic hydroxyl groups is 1. The lowest BCUT2D eigenvalue weighted by Crippen LogP contribution is -2.54. The Balaban J connectivity index is 1.23. The second-order valence-electron chi connectivity index (χ2n) is 9.69. The van der Waals surface area contributed by atoms with Crippen LogP contribution in [0.15, 0.2) is 48.5 Å². The number of rotatable bonds is 3. The van der Waals surface area contributed by atoms with Crippen molar-refractivity contribution >= 4 is 29.1 Å². The highest BCUT2D eigenvalue weighted by Gasteiger charge is 2.41. The number of hydrogen-bond donors (Lipinski definition) is 1. The topological polar surface area (TPSA) is 97.1 Å². The van der Waals surface area contributed by atoms with Gasteiger partial charge in [0.05, 0.1) is 25.4 Å². The van der Waals surface area contributed by atoms with Crippen molar-refractivity contribution in [2.45, 2.75) is 24.6 Å². The normalized spacial score (nSPS) is 19.9. The first-order valence-electron chi connectivity index (χ1n) is 12.3. The minimum absolute atomic E-state index is 0.00956. The molecule has 6 rings (SSSR count). The molecule has 2 aromatic carbocycles. The summed E-state index contributed by atoms with van der Waals surface area (Å²) in [5, 5.41) is 15.1. The van der Waals surface area contributed by atoms with Gasteiger partial charge < -0.3 is 24.4 Å². The van der Waals surface area contributed by atoms with Crippen molar-refractivity contribution in [2.75, 3.05) is 38.3 Å². The molecule has 9 nitrogen and oxygen atoms in total. The minimum atomic E-state index is -1.13. The molecule has 1 N–H and O–H groups in total. The van der Waals surface area contributed by atoms with Gasteiger partial charge in [0.15, 0.2) is 11.3 Å². The van der Waals surface area contributed by atoms with Gasteiger partial charge >= 0.3 is 0 Å². The predicted molar refractivity (Wildman–Crippen MR) is 139 cm³/mol. The maximum atomic E-state index is 13.6. The second kappa shape index (κ2) is 9.48. The van der Waals surface area contributed by atoms with E-state index in [1.165, 1.54) is 9.80 Å². The van der Waals surface area contributed by atoms with Gasteiger partial charge in [-0.15, -0.1) is 0 Å². The molecule has 4 heterocycles. The number of fused-ring (bicyclic) bond motifs is 2. The molecule has 10 heteroatoms. The number of carbonyl (C=O) groups is 2. The second-order valence-corrected chi connectivity index (χ2v) is 10.0. The Hall–Kier alpha value is -3.84. The van der Waals surface area contributed by atoms with Gasteiger partial charge in [0.1, 0.15) is 23.6 Å². The zero-order chi connectivity index (χ0) is 26.4. The van der Waals surface area contributed by atoms with Gasteiger partial charge in [-0.3, -0.25) is 9.59 Å². The van der Waals surface area contributed by atoms with Crippen LogP contribution in [-0.2, 0) is 22.5 Å². The smallest absolute Gasteiger partial charge is 0.275 e. The molecule has 0 radical (unpaired) electrons. The van der Waals surface area contributed by atoms with Crippen LogP contribution in [0.1, 0.15) is 27.2 Å². The van der Waals surface area contributed by atoms with Crippen molar-refractivity contribution < 1.29 is 24.2 Å². The Morgan fingerprint density at radius 3 is 2.71 bits per heavy atom. The summed E-state index contributed by atoms with van der Waals surface area (Å²) in [6, 6.07) is 14.2. The van der Waals surface area contributed by atoms with Gasteiger partial charge in [0.2, 0.25) is 0 Å². The first-order valence-corrected chi connectivity index (χ1v) is 12.7. The largest absolute Gasteiger partial charge is 0.489 e. The molecule has 2 amide bonds. The summed E-state index contributed by atoms with van der Waals surface area (Å²) in [6.45, 7) is 1.12. The molecule has 1 atom stereocenters. The Kier molecular flexibility index (Phi) is 6.11. The fourth-order valence-corrected chi connectivity index (χ4v) is 5.13. The van der Waals surface area contributed by atoms with Crippen molar-refractivity contribution in [1.82, 2.24) is 14.7 Å². The van der Waals surface area contributed by atoms with Crippen LogP contribution in [0.2, 0.25) is 5.15 Å². The molecule has 1 aromatic heterocycles. The lowest BCUT2D eigenvalue weighted by atomic mass is 10.0. The van der Waals surface area contributed by atoms with E-state index in [1.54, 1.807) is 29.9 Å². The zero-order valence-corrected chi connectivity index (χ0v) is 21.4. The molecule has 1 unspecified atom stereocenters. The van der Waals surface area contributed by atoms with E-state index < -0.39 is 11.6 Å². The molecular formula is C28H25ClN4O5. The number of carbonyl (C=O) groups excluding carboxylic acids is 2. The highest BCUT2D eigenvalue weighted by Crippen LogP contribution is 2.34. The van der Waals surface area contributed by atoms with Crippen LogP contribution in [0.25, 0.3) is 0 Å². The summed E-state index contributed by atoms with van der Waals surface area (Å²) in [6.07, 6.45) is 0.488. The molecule has 0 saturated carbocycles. The van der Waals surface area contributed by atoms with Gasteiger partial charge in [0, 0.05) is 24.7 Å². The van der Waals surface area contributed by atoms with E-state index in [0.29, 0.717) is 47.2 Å². The third-order valence-corrected chi connectivity index (χ3v) is 7.48. The third kappa shape index (κ3) is 4.31. The van der Waals surface area contributed by atoms with Crippen LogP contribution in [0, 0.1) is 11.8 Å².